The van der Waals surface area contributed by atoms with Crippen molar-refractivity contribution in [2.75, 3.05) is 38.7 Å². The third-order valence-electron chi connectivity index (χ3n) is 3.86. The molecule has 0 atom stereocenters. The number of nitrogens with two attached hydrogens (primary N) is 1. The number of rotatable bonds is 5. The van der Waals surface area contributed by atoms with Crippen molar-refractivity contribution in [2.24, 2.45) is 11.1 Å². The van der Waals surface area contributed by atoms with Crippen LogP contribution in [0.1, 0.15) is 11.1 Å². The van der Waals surface area contributed by atoms with E-state index < -0.39 is 0 Å². The number of hydrogen-bond donors (Lipinski definition) is 2. The van der Waals surface area contributed by atoms with Gasteiger partial charge in [0.2, 0.25) is 0 Å². The van der Waals surface area contributed by atoms with Crippen molar-refractivity contribution in [3.63, 3.8) is 0 Å². The predicted octanol–water partition coefficient (Wildman–Crippen LogP) is 1.70. The monoisotopic (exact) mass is 250 g/mol. The molecule has 1 heterocycles. The van der Waals surface area contributed by atoms with Gasteiger partial charge in [-0.15, -0.1) is 0 Å². The summed E-state index contributed by atoms with van der Waals surface area (Å²) in [6, 6.07) is 4.06. The van der Waals surface area contributed by atoms with Gasteiger partial charge in [0.15, 0.2) is 0 Å². The normalized spacial score (nSPS) is 17.1. The molecular formula is C14H22N2O2. The molecule has 3 N–H and O–H groups in total. The number of hydrogen-bond acceptors (Lipinski definition) is 4. The first-order valence-electron chi connectivity index (χ1n) is 6.28. The molecule has 4 heteroatoms. The maximum Gasteiger partial charge on any atom is 0.122 e. The maximum atomic E-state index is 5.81. The topological polar surface area (TPSA) is 56.5 Å². The predicted molar refractivity (Wildman–Crippen MR) is 73.3 cm³/mol. The summed E-state index contributed by atoms with van der Waals surface area (Å²) >= 11 is 0. The standard InChI is InChI=1S/C14H22N2O2/c1-10-11(2)13(17-3)5-4-12(10)16-7-14(6-15)8-18-9-14/h4-5,16H,6-9,15H2,1-3H3. The molecule has 4 nitrogen and oxygen atoms in total. The van der Waals surface area contributed by atoms with Gasteiger partial charge in [-0.2, -0.15) is 0 Å². The van der Waals surface area contributed by atoms with E-state index in [4.69, 9.17) is 15.2 Å². The molecular weight excluding hydrogens is 228 g/mol. The van der Waals surface area contributed by atoms with Crippen LogP contribution < -0.4 is 15.8 Å². The molecule has 0 spiro atoms. The zero-order chi connectivity index (χ0) is 13.2. The van der Waals surface area contributed by atoms with Crippen LogP contribution in [0.5, 0.6) is 5.75 Å². The van der Waals surface area contributed by atoms with Crippen LogP contribution in [0.4, 0.5) is 5.69 Å². The summed E-state index contributed by atoms with van der Waals surface area (Å²) in [5, 5.41) is 3.48. The molecule has 0 aliphatic carbocycles. The fourth-order valence-corrected chi connectivity index (χ4v) is 2.17. The van der Waals surface area contributed by atoms with Crippen molar-refractivity contribution >= 4 is 5.69 Å². The van der Waals surface area contributed by atoms with Gasteiger partial charge >= 0.3 is 0 Å². The highest BCUT2D eigenvalue weighted by Crippen LogP contribution is 2.30. The van der Waals surface area contributed by atoms with Crippen LogP contribution in [0.15, 0.2) is 12.1 Å². The Morgan fingerprint density at radius 2 is 2.06 bits per heavy atom. The Morgan fingerprint density at radius 3 is 2.56 bits per heavy atom. The second kappa shape index (κ2) is 5.16. The van der Waals surface area contributed by atoms with Crippen LogP contribution in [0, 0.1) is 19.3 Å². The second-order valence-electron chi connectivity index (χ2n) is 5.12. The lowest BCUT2D eigenvalue weighted by molar-refractivity contribution is -0.0979. The van der Waals surface area contributed by atoms with E-state index in [0.717, 1.165) is 31.2 Å². The van der Waals surface area contributed by atoms with Gasteiger partial charge in [-0.25, -0.2) is 0 Å². The van der Waals surface area contributed by atoms with E-state index in [0.29, 0.717) is 6.54 Å². The summed E-state index contributed by atoms with van der Waals surface area (Å²) in [6.07, 6.45) is 0. The average molecular weight is 250 g/mol. The summed E-state index contributed by atoms with van der Waals surface area (Å²) in [7, 11) is 1.70. The van der Waals surface area contributed by atoms with Gasteiger partial charge < -0.3 is 20.5 Å². The van der Waals surface area contributed by atoms with Crippen LogP contribution >= 0.6 is 0 Å². The molecule has 0 radical (unpaired) electrons. The second-order valence-corrected chi connectivity index (χ2v) is 5.12. The Morgan fingerprint density at radius 1 is 1.33 bits per heavy atom. The third-order valence-corrected chi connectivity index (χ3v) is 3.86. The van der Waals surface area contributed by atoms with Gasteiger partial charge in [0, 0.05) is 24.2 Å². The molecule has 0 unspecified atom stereocenters. The van der Waals surface area contributed by atoms with E-state index in [1.54, 1.807) is 7.11 Å². The SMILES string of the molecule is COc1ccc(NCC2(CN)COC2)c(C)c1C. The minimum atomic E-state index is 0.111. The Labute approximate surface area is 108 Å². The molecule has 2 rings (SSSR count). The fourth-order valence-electron chi connectivity index (χ4n) is 2.17. The van der Waals surface area contributed by atoms with Crippen LogP contribution in [-0.4, -0.2) is 33.4 Å². The number of methoxy groups -OCH3 is 1. The molecule has 100 valence electrons. The zero-order valence-corrected chi connectivity index (χ0v) is 11.4. The lowest BCUT2D eigenvalue weighted by Crippen LogP contribution is -2.52. The molecule has 1 aliphatic heterocycles. The van der Waals surface area contributed by atoms with Gasteiger partial charge in [0.05, 0.1) is 20.3 Å². The Hall–Kier alpha value is -1.26. The molecule has 1 fully saturated rings. The van der Waals surface area contributed by atoms with E-state index in [-0.39, 0.29) is 5.41 Å². The van der Waals surface area contributed by atoms with E-state index in [9.17, 15) is 0 Å². The summed E-state index contributed by atoms with van der Waals surface area (Å²) in [6.45, 7) is 7.21. The number of nitrogens with one attached hydrogen (secondary N) is 1. The molecule has 1 saturated heterocycles. The van der Waals surface area contributed by atoms with Crippen molar-refractivity contribution in [3.05, 3.63) is 23.3 Å². The van der Waals surface area contributed by atoms with E-state index in [1.807, 2.05) is 6.07 Å². The highest BCUT2D eigenvalue weighted by atomic mass is 16.5. The van der Waals surface area contributed by atoms with E-state index >= 15 is 0 Å². The first-order chi connectivity index (χ1) is 8.62. The van der Waals surface area contributed by atoms with Crippen molar-refractivity contribution in [1.82, 2.24) is 0 Å². The number of ether oxygens (including phenoxy) is 2. The number of benzene rings is 1. The lowest BCUT2D eigenvalue weighted by Gasteiger charge is -2.40. The summed E-state index contributed by atoms with van der Waals surface area (Å²) in [5.74, 6) is 0.929. The Balaban J connectivity index is 2.08. The summed E-state index contributed by atoms with van der Waals surface area (Å²) < 4.78 is 10.6. The van der Waals surface area contributed by atoms with Crippen LogP contribution in [0.3, 0.4) is 0 Å². The molecule has 18 heavy (non-hydrogen) atoms. The third kappa shape index (κ3) is 2.31. The highest BCUT2D eigenvalue weighted by Gasteiger charge is 2.37. The van der Waals surface area contributed by atoms with Gasteiger partial charge in [-0.3, -0.25) is 0 Å². The summed E-state index contributed by atoms with van der Waals surface area (Å²) in [5.41, 5.74) is 9.46. The lowest BCUT2D eigenvalue weighted by atomic mass is 9.86. The molecule has 1 aliphatic rings. The van der Waals surface area contributed by atoms with Crippen molar-refractivity contribution in [3.8, 4) is 5.75 Å². The minimum Gasteiger partial charge on any atom is -0.496 e. The first kappa shape index (κ1) is 13.2. The van der Waals surface area contributed by atoms with Crippen LogP contribution in [-0.2, 0) is 4.74 Å². The smallest absolute Gasteiger partial charge is 0.122 e. The molecule has 0 saturated carbocycles. The van der Waals surface area contributed by atoms with Crippen LogP contribution in [0.2, 0.25) is 0 Å². The number of anilines is 1. The van der Waals surface area contributed by atoms with Gasteiger partial charge in [-0.1, -0.05) is 0 Å². The van der Waals surface area contributed by atoms with Crippen molar-refractivity contribution < 1.29 is 9.47 Å². The Kier molecular flexibility index (Phi) is 3.78. The van der Waals surface area contributed by atoms with Gasteiger partial charge in [0.25, 0.3) is 0 Å². The molecule has 0 bridgehead atoms. The van der Waals surface area contributed by atoms with Gasteiger partial charge in [0.1, 0.15) is 5.75 Å². The quantitative estimate of drug-likeness (QED) is 0.835. The summed E-state index contributed by atoms with van der Waals surface area (Å²) in [4.78, 5) is 0. The zero-order valence-electron chi connectivity index (χ0n) is 11.4. The molecule has 1 aromatic carbocycles. The van der Waals surface area contributed by atoms with Crippen molar-refractivity contribution in [1.29, 1.82) is 0 Å². The molecule has 0 amide bonds. The van der Waals surface area contributed by atoms with E-state index in [2.05, 4.69) is 25.2 Å². The average Bonchev–Trinajstić information content (AvgIpc) is 2.33. The molecule has 0 aromatic heterocycles. The van der Waals surface area contributed by atoms with E-state index in [1.165, 1.54) is 11.1 Å². The largest absolute Gasteiger partial charge is 0.496 e. The molecule has 1 aromatic rings. The Bertz CT molecular complexity index is 423. The van der Waals surface area contributed by atoms with Gasteiger partial charge in [-0.05, 0) is 37.1 Å². The van der Waals surface area contributed by atoms with Crippen LogP contribution in [0.25, 0.3) is 0 Å². The maximum absolute atomic E-state index is 5.81. The fraction of sp³-hybridized carbons (Fsp3) is 0.571. The van der Waals surface area contributed by atoms with Crippen molar-refractivity contribution in [2.45, 2.75) is 13.8 Å². The first-order valence-corrected chi connectivity index (χ1v) is 6.28. The highest BCUT2D eigenvalue weighted by molar-refractivity contribution is 5.58. The minimum absolute atomic E-state index is 0.111.